The van der Waals surface area contributed by atoms with Crippen molar-refractivity contribution in [2.45, 2.75) is 13.3 Å². The normalized spacial score (nSPS) is 9.36. The fourth-order valence-electron chi connectivity index (χ4n) is 0.595. The summed E-state index contributed by atoms with van der Waals surface area (Å²) in [6, 6.07) is -0.0486. The predicted octanol–water partition coefficient (Wildman–Crippen LogP) is 1.28. The Morgan fingerprint density at radius 1 is 1.64 bits per heavy atom. The van der Waals surface area contributed by atoms with Gasteiger partial charge in [-0.1, -0.05) is 6.92 Å². The lowest BCUT2D eigenvalue weighted by molar-refractivity contribution is 0.211. The molecule has 4 heteroatoms. The number of nitrogens with one attached hydrogen (secondary N) is 1. The maximum absolute atomic E-state index is 11.0. The van der Waals surface area contributed by atoms with Gasteiger partial charge in [-0.05, 0) is 6.42 Å². The number of nitrogens with zero attached hydrogens (tertiary/aromatic N) is 1. The van der Waals surface area contributed by atoms with E-state index < -0.39 is 0 Å². The van der Waals surface area contributed by atoms with Gasteiger partial charge >= 0.3 is 6.03 Å². The van der Waals surface area contributed by atoms with Crippen LogP contribution in [0.2, 0.25) is 0 Å². The first-order valence-corrected chi connectivity index (χ1v) is 4.30. The minimum absolute atomic E-state index is 0.0486. The van der Waals surface area contributed by atoms with E-state index >= 15 is 0 Å². The molecular formula is C7H15ClN2O. The van der Waals surface area contributed by atoms with Crippen molar-refractivity contribution < 1.29 is 4.79 Å². The van der Waals surface area contributed by atoms with Crippen molar-refractivity contribution in [1.82, 2.24) is 10.2 Å². The van der Waals surface area contributed by atoms with E-state index in [0.29, 0.717) is 12.4 Å². The number of carbonyl (C=O) groups is 1. The lowest BCUT2D eigenvalue weighted by Gasteiger charge is -2.15. The summed E-state index contributed by atoms with van der Waals surface area (Å²) >= 11 is 5.45. The second-order valence-corrected chi connectivity index (χ2v) is 2.72. The summed E-state index contributed by atoms with van der Waals surface area (Å²) in [5.41, 5.74) is 0. The van der Waals surface area contributed by atoms with Crippen molar-refractivity contribution in [3.8, 4) is 0 Å². The Bertz CT molecular complexity index is 119. The third-order valence-corrected chi connectivity index (χ3v) is 1.46. The monoisotopic (exact) mass is 178 g/mol. The zero-order valence-electron chi connectivity index (χ0n) is 7.06. The van der Waals surface area contributed by atoms with Crippen molar-refractivity contribution in [3.05, 3.63) is 0 Å². The topological polar surface area (TPSA) is 32.3 Å². The highest BCUT2D eigenvalue weighted by Gasteiger charge is 2.04. The molecule has 0 aliphatic carbocycles. The van der Waals surface area contributed by atoms with Gasteiger partial charge in [-0.3, -0.25) is 0 Å². The molecule has 0 unspecified atom stereocenters. The first-order chi connectivity index (χ1) is 5.22. The number of rotatable bonds is 4. The molecule has 0 spiro atoms. The smallest absolute Gasteiger partial charge is 0.317 e. The second-order valence-electron chi connectivity index (χ2n) is 2.34. The zero-order valence-corrected chi connectivity index (χ0v) is 7.82. The van der Waals surface area contributed by atoms with E-state index in [9.17, 15) is 4.79 Å². The molecule has 66 valence electrons. The lowest BCUT2D eigenvalue weighted by Crippen LogP contribution is -2.38. The molecule has 0 rings (SSSR count). The van der Waals surface area contributed by atoms with E-state index in [1.54, 1.807) is 11.9 Å². The largest absolute Gasteiger partial charge is 0.338 e. The highest BCUT2D eigenvalue weighted by molar-refractivity contribution is 6.18. The van der Waals surface area contributed by atoms with Gasteiger partial charge < -0.3 is 10.2 Å². The zero-order chi connectivity index (χ0) is 8.69. The van der Waals surface area contributed by atoms with Gasteiger partial charge in [-0.25, -0.2) is 4.79 Å². The molecule has 3 nitrogen and oxygen atoms in total. The van der Waals surface area contributed by atoms with Crippen LogP contribution in [-0.4, -0.2) is 36.9 Å². The van der Waals surface area contributed by atoms with Crippen molar-refractivity contribution in [2.75, 3.05) is 26.0 Å². The molecule has 0 radical (unpaired) electrons. The molecule has 0 heterocycles. The molecule has 0 bridgehead atoms. The van der Waals surface area contributed by atoms with E-state index in [-0.39, 0.29) is 6.03 Å². The molecule has 0 saturated carbocycles. The van der Waals surface area contributed by atoms with Gasteiger partial charge in [-0.15, -0.1) is 11.6 Å². The average Bonchev–Trinajstić information content (AvgIpc) is 2.00. The quantitative estimate of drug-likeness (QED) is 0.647. The Morgan fingerprint density at radius 3 is 2.73 bits per heavy atom. The van der Waals surface area contributed by atoms with Gasteiger partial charge in [0.2, 0.25) is 0 Å². The Morgan fingerprint density at radius 2 is 2.27 bits per heavy atom. The molecule has 0 aliphatic heterocycles. The van der Waals surface area contributed by atoms with Crippen molar-refractivity contribution in [1.29, 1.82) is 0 Å². The standard InChI is InChI=1S/C7H15ClN2O/c1-3-5-9-7(11)10(2)6-4-8/h3-6H2,1-2H3,(H,9,11). The van der Waals surface area contributed by atoms with Crippen LogP contribution >= 0.6 is 11.6 Å². The Hall–Kier alpha value is -0.440. The van der Waals surface area contributed by atoms with Crippen molar-refractivity contribution >= 4 is 17.6 Å². The van der Waals surface area contributed by atoms with Gasteiger partial charge in [0.1, 0.15) is 0 Å². The number of carbonyl (C=O) groups excluding carboxylic acids is 1. The Balaban J connectivity index is 3.47. The first-order valence-electron chi connectivity index (χ1n) is 3.77. The number of alkyl halides is 1. The molecule has 0 fully saturated rings. The third-order valence-electron chi connectivity index (χ3n) is 1.29. The van der Waals surface area contributed by atoms with E-state index in [4.69, 9.17) is 11.6 Å². The summed E-state index contributed by atoms with van der Waals surface area (Å²) in [6.45, 7) is 3.34. The summed E-state index contributed by atoms with van der Waals surface area (Å²) in [5.74, 6) is 0.482. The van der Waals surface area contributed by atoms with Crippen LogP contribution in [0.25, 0.3) is 0 Å². The van der Waals surface area contributed by atoms with E-state index in [2.05, 4.69) is 5.32 Å². The SMILES string of the molecule is CCCNC(=O)N(C)CCCl. The van der Waals surface area contributed by atoms with Crippen LogP contribution < -0.4 is 5.32 Å². The summed E-state index contributed by atoms with van der Waals surface area (Å²) in [4.78, 5) is 12.6. The van der Waals surface area contributed by atoms with Gasteiger partial charge in [0.05, 0.1) is 0 Å². The summed E-state index contributed by atoms with van der Waals surface area (Å²) in [5, 5.41) is 2.75. The first kappa shape index (κ1) is 10.6. The molecule has 0 aliphatic rings. The molecule has 0 aromatic rings. The van der Waals surface area contributed by atoms with Crippen LogP contribution in [0, 0.1) is 0 Å². The molecule has 0 aromatic heterocycles. The fraction of sp³-hybridized carbons (Fsp3) is 0.857. The molecule has 0 atom stereocenters. The minimum Gasteiger partial charge on any atom is -0.338 e. The van der Waals surface area contributed by atoms with Crippen LogP contribution in [0.3, 0.4) is 0 Å². The highest BCUT2D eigenvalue weighted by Crippen LogP contribution is 1.86. The summed E-state index contributed by atoms with van der Waals surface area (Å²) in [6.07, 6.45) is 0.959. The Kier molecular flexibility index (Phi) is 6.03. The molecule has 11 heavy (non-hydrogen) atoms. The maximum atomic E-state index is 11.0. The van der Waals surface area contributed by atoms with Crippen LogP contribution in [0.1, 0.15) is 13.3 Å². The minimum atomic E-state index is -0.0486. The van der Waals surface area contributed by atoms with Crippen molar-refractivity contribution in [2.24, 2.45) is 0 Å². The lowest BCUT2D eigenvalue weighted by atomic mass is 10.5. The highest BCUT2D eigenvalue weighted by atomic mass is 35.5. The average molecular weight is 179 g/mol. The maximum Gasteiger partial charge on any atom is 0.317 e. The third kappa shape index (κ3) is 4.90. The number of amides is 2. The number of halogens is 1. The number of hydrogen-bond donors (Lipinski definition) is 1. The van der Waals surface area contributed by atoms with Gasteiger partial charge in [0.25, 0.3) is 0 Å². The number of hydrogen-bond acceptors (Lipinski definition) is 1. The molecule has 0 aromatic carbocycles. The fourth-order valence-corrected chi connectivity index (χ4v) is 0.849. The predicted molar refractivity (Wildman–Crippen MR) is 47.0 cm³/mol. The van der Waals surface area contributed by atoms with E-state index in [1.165, 1.54) is 0 Å². The molecule has 1 N–H and O–H groups in total. The van der Waals surface area contributed by atoms with Gasteiger partial charge in [-0.2, -0.15) is 0 Å². The van der Waals surface area contributed by atoms with Crippen LogP contribution in [-0.2, 0) is 0 Å². The Labute approximate surface area is 72.7 Å². The van der Waals surface area contributed by atoms with Crippen LogP contribution in [0.15, 0.2) is 0 Å². The van der Waals surface area contributed by atoms with E-state index in [1.807, 2.05) is 6.92 Å². The number of urea groups is 1. The van der Waals surface area contributed by atoms with Crippen molar-refractivity contribution in [3.63, 3.8) is 0 Å². The molecule has 2 amide bonds. The molecule has 0 saturated heterocycles. The molecular weight excluding hydrogens is 164 g/mol. The van der Waals surface area contributed by atoms with Gasteiger partial charge in [0.15, 0.2) is 0 Å². The van der Waals surface area contributed by atoms with Crippen LogP contribution in [0.5, 0.6) is 0 Å². The summed E-state index contributed by atoms with van der Waals surface area (Å²) < 4.78 is 0. The van der Waals surface area contributed by atoms with Gasteiger partial charge in [0, 0.05) is 26.0 Å². The van der Waals surface area contributed by atoms with Crippen LogP contribution in [0.4, 0.5) is 4.79 Å². The summed E-state index contributed by atoms with van der Waals surface area (Å²) in [7, 11) is 1.73. The van der Waals surface area contributed by atoms with E-state index in [0.717, 1.165) is 13.0 Å². The second kappa shape index (κ2) is 6.28.